The van der Waals surface area contributed by atoms with Crippen LogP contribution < -0.4 is 10.1 Å². The van der Waals surface area contributed by atoms with Crippen molar-refractivity contribution in [3.8, 4) is 11.5 Å². The first-order valence-electron chi connectivity index (χ1n) is 19.4. The number of phenols is 1. The molecule has 0 aliphatic carbocycles. The molecule has 7 rings (SSSR count). The van der Waals surface area contributed by atoms with Crippen molar-refractivity contribution in [1.29, 1.82) is 0 Å². The Hall–Kier alpha value is -4.18. The van der Waals surface area contributed by atoms with Gasteiger partial charge in [-0.1, -0.05) is 84.9 Å². The summed E-state index contributed by atoms with van der Waals surface area (Å²) >= 11 is 12.3. The van der Waals surface area contributed by atoms with Gasteiger partial charge in [0.1, 0.15) is 11.5 Å². The van der Waals surface area contributed by atoms with Crippen molar-refractivity contribution in [3.63, 3.8) is 0 Å². The van der Waals surface area contributed by atoms with Gasteiger partial charge in [-0.3, -0.25) is 4.90 Å². The zero-order valence-electron chi connectivity index (χ0n) is 30.9. The van der Waals surface area contributed by atoms with Crippen LogP contribution in [-0.2, 0) is 25.7 Å². The number of rotatable bonds is 16. The highest BCUT2D eigenvalue weighted by atomic mass is 32.1. The van der Waals surface area contributed by atoms with E-state index in [0.717, 1.165) is 80.9 Å². The molecule has 0 unspecified atom stereocenters. The fraction of sp³-hybridized carbons (Fsp3) is 0.409. The summed E-state index contributed by atoms with van der Waals surface area (Å²) in [5, 5.41) is 15.4. The van der Waals surface area contributed by atoms with Crippen LogP contribution >= 0.6 is 24.4 Å². The molecule has 9 heteroatoms. The van der Waals surface area contributed by atoms with Gasteiger partial charge in [0.15, 0.2) is 10.2 Å². The maximum atomic E-state index is 10.1. The lowest BCUT2D eigenvalue weighted by molar-refractivity contribution is 0.159. The van der Waals surface area contributed by atoms with E-state index in [4.69, 9.17) is 29.2 Å². The number of likely N-dealkylation sites (tertiary alicyclic amines) is 1. The monoisotopic (exact) mass is 747 g/mol. The van der Waals surface area contributed by atoms with Gasteiger partial charge in [0.2, 0.25) is 0 Å². The SMILES string of the molecule is CCOc1ccc(CCN2C(=S)N([C@@H](Cc3ccc(O)cc3)CN3CCC[C@@H]3CN3C(=S)NC[C@@H]3Cc3ccccc3)C[C@@H]2Cc2ccccc2)cc1. The van der Waals surface area contributed by atoms with Gasteiger partial charge in [-0.25, -0.2) is 0 Å². The van der Waals surface area contributed by atoms with Crippen LogP contribution in [0, 0.1) is 0 Å². The van der Waals surface area contributed by atoms with Crippen LogP contribution in [0.4, 0.5) is 0 Å². The predicted octanol–water partition coefficient (Wildman–Crippen LogP) is 6.72. The van der Waals surface area contributed by atoms with Gasteiger partial charge in [-0.2, -0.15) is 0 Å². The van der Waals surface area contributed by atoms with Crippen molar-refractivity contribution >= 4 is 34.7 Å². The molecule has 3 heterocycles. The summed E-state index contributed by atoms with van der Waals surface area (Å²) in [6.45, 7) is 8.25. The summed E-state index contributed by atoms with van der Waals surface area (Å²) in [4.78, 5) is 10.2. The molecule has 0 spiro atoms. The molecule has 278 valence electrons. The minimum Gasteiger partial charge on any atom is -0.508 e. The number of hydrogen-bond acceptors (Lipinski definition) is 5. The van der Waals surface area contributed by atoms with E-state index in [2.05, 4.69) is 122 Å². The Morgan fingerprint density at radius 1 is 0.774 bits per heavy atom. The third-order valence-corrected chi connectivity index (χ3v) is 12.1. The third-order valence-electron chi connectivity index (χ3n) is 11.2. The van der Waals surface area contributed by atoms with Gasteiger partial charge in [0.05, 0.1) is 18.7 Å². The second kappa shape index (κ2) is 17.8. The van der Waals surface area contributed by atoms with E-state index in [1.54, 1.807) is 0 Å². The number of benzene rings is 4. The largest absolute Gasteiger partial charge is 0.508 e. The van der Waals surface area contributed by atoms with E-state index in [-0.39, 0.29) is 12.1 Å². The molecule has 0 aromatic heterocycles. The Morgan fingerprint density at radius 3 is 2.11 bits per heavy atom. The molecule has 0 bridgehead atoms. The number of nitrogens with one attached hydrogen (secondary N) is 1. The number of phenolic OH excluding ortho intramolecular Hbond substituents is 1. The second-order valence-corrected chi connectivity index (χ2v) is 15.5. The van der Waals surface area contributed by atoms with E-state index in [9.17, 15) is 5.11 Å². The Bertz CT molecular complexity index is 1780. The van der Waals surface area contributed by atoms with Crippen molar-refractivity contribution in [1.82, 2.24) is 24.9 Å². The van der Waals surface area contributed by atoms with Crippen LogP contribution in [0.5, 0.6) is 11.5 Å². The first kappa shape index (κ1) is 37.1. The van der Waals surface area contributed by atoms with Gasteiger partial charge in [-0.15, -0.1) is 0 Å². The van der Waals surface area contributed by atoms with Crippen molar-refractivity contribution in [3.05, 3.63) is 131 Å². The number of ether oxygens (including phenoxy) is 1. The van der Waals surface area contributed by atoms with E-state index >= 15 is 0 Å². The number of aromatic hydroxyl groups is 1. The quantitative estimate of drug-likeness (QED) is 0.122. The van der Waals surface area contributed by atoms with Crippen LogP contribution in [0.3, 0.4) is 0 Å². The lowest BCUT2D eigenvalue weighted by Gasteiger charge is -2.37. The van der Waals surface area contributed by atoms with Crippen LogP contribution in [0.1, 0.15) is 42.0 Å². The minimum absolute atomic E-state index is 0.185. The molecule has 0 saturated carbocycles. The molecular formula is C44H53N5O2S2. The highest BCUT2D eigenvalue weighted by molar-refractivity contribution is 7.80. The molecule has 4 atom stereocenters. The molecule has 4 aromatic carbocycles. The average Bonchev–Trinajstić information content (AvgIpc) is 3.86. The lowest BCUT2D eigenvalue weighted by Crippen LogP contribution is -2.51. The molecule has 7 nitrogen and oxygen atoms in total. The normalized spacial score (nSPS) is 21.0. The maximum absolute atomic E-state index is 10.1. The predicted molar refractivity (Wildman–Crippen MR) is 223 cm³/mol. The van der Waals surface area contributed by atoms with Gasteiger partial charge >= 0.3 is 0 Å². The Labute approximate surface area is 326 Å². The Kier molecular flexibility index (Phi) is 12.5. The molecule has 2 N–H and O–H groups in total. The minimum atomic E-state index is 0.185. The van der Waals surface area contributed by atoms with E-state index in [0.29, 0.717) is 24.4 Å². The topological polar surface area (TPSA) is 54.5 Å². The standard InChI is InChI=1S/C44H53N5O2S2/c1-2-51-42-21-17-33(18-22-42)23-25-47-40(27-35-12-7-4-8-13-35)32-49(44(47)53)39(28-36-15-19-41(50)20-16-36)30-46-24-9-14-37(46)31-48-38(29-45-43(48)52)26-34-10-5-3-6-11-34/h3-8,10-13,15-22,37-40,50H,2,9,14,23-32H2,1H3,(H,45,52)/t37-,38+,39+,40+/m1/s1. The Morgan fingerprint density at radius 2 is 1.43 bits per heavy atom. The summed E-state index contributed by atoms with van der Waals surface area (Å²) in [5.74, 6) is 1.21. The van der Waals surface area contributed by atoms with Crippen LogP contribution in [0.25, 0.3) is 0 Å². The first-order valence-corrected chi connectivity index (χ1v) is 20.2. The molecule has 53 heavy (non-hydrogen) atoms. The summed E-state index contributed by atoms with van der Waals surface area (Å²) in [6.07, 6.45) is 6.05. The van der Waals surface area contributed by atoms with Crippen molar-refractivity contribution in [2.75, 3.05) is 45.9 Å². The second-order valence-electron chi connectivity index (χ2n) is 14.8. The number of thiocarbonyl (C=S) groups is 2. The molecule has 0 radical (unpaired) electrons. The van der Waals surface area contributed by atoms with Crippen molar-refractivity contribution in [2.24, 2.45) is 0 Å². The zero-order chi connectivity index (χ0) is 36.6. The van der Waals surface area contributed by atoms with Crippen molar-refractivity contribution in [2.45, 2.75) is 69.6 Å². The fourth-order valence-electron chi connectivity index (χ4n) is 8.44. The van der Waals surface area contributed by atoms with E-state index < -0.39 is 0 Å². The molecule has 3 saturated heterocycles. The van der Waals surface area contributed by atoms with Gasteiger partial charge < -0.3 is 29.9 Å². The van der Waals surface area contributed by atoms with Gasteiger partial charge in [-0.05, 0) is 123 Å². The zero-order valence-corrected chi connectivity index (χ0v) is 32.5. The molecule has 3 aliphatic rings. The van der Waals surface area contributed by atoms with Gasteiger partial charge in [0, 0.05) is 44.8 Å². The maximum Gasteiger partial charge on any atom is 0.172 e. The molecule has 3 aliphatic heterocycles. The molecule has 0 amide bonds. The lowest BCUT2D eigenvalue weighted by atomic mass is 10.0. The van der Waals surface area contributed by atoms with Crippen LogP contribution in [0.15, 0.2) is 109 Å². The highest BCUT2D eigenvalue weighted by Crippen LogP contribution is 2.29. The van der Waals surface area contributed by atoms with Gasteiger partial charge in [0.25, 0.3) is 0 Å². The fourth-order valence-corrected chi connectivity index (χ4v) is 9.21. The van der Waals surface area contributed by atoms with E-state index in [1.807, 2.05) is 19.1 Å². The molecular weight excluding hydrogens is 695 g/mol. The summed E-state index contributed by atoms with van der Waals surface area (Å²) < 4.78 is 5.70. The highest BCUT2D eigenvalue weighted by Gasteiger charge is 2.40. The Balaban J connectivity index is 1.10. The van der Waals surface area contributed by atoms with Crippen molar-refractivity contribution < 1.29 is 9.84 Å². The number of hydrogen-bond donors (Lipinski definition) is 2. The molecule has 3 fully saturated rings. The third kappa shape index (κ3) is 9.50. The average molecular weight is 748 g/mol. The summed E-state index contributed by atoms with van der Waals surface area (Å²) in [6, 6.07) is 39.1. The summed E-state index contributed by atoms with van der Waals surface area (Å²) in [5.41, 5.74) is 5.19. The van der Waals surface area contributed by atoms with Crippen LogP contribution in [0.2, 0.25) is 0 Å². The molecule has 4 aromatic rings. The van der Waals surface area contributed by atoms with Crippen LogP contribution in [-0.4, -0.2) is 105 Å². The van der Waals surface area contributed by atoms with E-state index in [1.165, 1.54) is 35.1 Å². The number of nitrogens with zero attached hydrogens (tertiary/aromatic N) is 4. The first-order chi connectivity index (χ1) is 25.9. The smallest absolute Gasteiger partial charge is 0.172 e. The summed E-state index contributed by atoms with van der Waals surface area (Å²) in [7, 11) is 0.